The molecular formula is C21H26N4O2. The normalized spacial score (nSPS) is 21.1. The van der Waals surface area contributed by atoms with Gasteiger partial charge in [0.15, 0.2) is 0 Å². The Labute approximate surface area is 159 Å². The molecule has 1 unspecified atom stereocenters. The van der Waals surface area contributed by atoms with Crippen LogP contribution in [0.5, 0.6) is 0 Å². The van der Waals surface area contributed by atoms with Gasteiger partial charge in [-0.1, -0.05) is 30.3 Å². The van der Waals surface area contributed by atoms with Gasteiger partial charge in [0.2, 0.25) is 11.8 Å². The van der Waals surface area contributed by atoms with Gasteiger partial charge < -0.3 is 14.4 Å². The van der Waals surface area contributed by atoms with Gasteiger partial charge in [0.25, 0.3) is 0 Å². The fourth-order valence-electron chi connectivity index (χ4n) is 4.24. The summed E-state index contributed by atoms with van der Waals surface area (Å²) in [6, 6.07) is 10.4. The van der Waals surface area contributed by atoms with Gasteiger partial charge in [0.05, 0.1) is 5.92 Å². The Bertz CT molecular complexity index is 809. The second-order valence-electron chi connectivity index (χ2n) is 7.67. The van der Waals surface area contributed by atoms with Gasteiger partial charge in [-0.05, 0) is 18.4 Å². The van der Waals surface area contributed by atoms with Gasteiger partial charge in [-0.15, -0.1) is 0 Å². The lowest BCUT2D eigenvalue weighted by atomic mass is 9.94. The van der Waals surface area contributed by atoms with Crippen molar-refractivity contribution >= 4 is 11.8 Å². The molecular weight excluding hydrogens is 340 g/mol. The maximum Gasteiger partial charge on any atom is 0.227 e. The number of carbonyl (C=O) groups excluding carboxylic acids is 2. The van der Waals surface area contributed by atoms with E-state index in [1.807, 2.05) is 23.4 Å². The fraction of sp³-hybridized carbons (Fsp3) is 0.476. The van der Waals surface area contributed by atoms with E-state index in [1.165, 1.54) is 5.56 Å². The molecule has 4 rings (SSSR count). The third-order valence-electron chi connectivity index (χ3n) is 5.81. The van der Waals surface area contributed by atoms with Crippen LogP contribution in [0.4, 0.5) is 0 Å². The second kappa shape index (κ2) is 7.55. The summed E-state index contributed by atoms with van der Waals surface area (Å²) in [7, 11) is 1.77. The molecule has 2 aliphatic heterocycles. The predicted octanol–water partition coefficient (Wildman–Crippen LogP) is 2.12. The second-order valence-corrected chi connectivity index (χ2v) is 7.67. The van der Waals surface area contributed by atoms with Gasteiger partial charge >= 0.3 is 0 Å². The first-order valence-electron chi connectivity index (χ1n) is 9.69. The highest BCUT2D eigenvalue weighted by Gasteiger charge is 2.36. The molecule has 2 fully saturated rings. The summed E-state index contributed by atoms with van der Waals surface area (Å²) in [5.41, 5.74) is 1.26. The van der Waals surface area contributed by atoms with E-state index >= 15 is 0 Å². The molecule has 2 aliphatic rings. The van der Waals surface area contributed by atoms with Crippen molar-refractivity contribution in [1.82, 2.24) is 19.4 Å². The van der Waals surface area contributed by atoms with E-state index < -0.39 is 0 Å². The number of rotatable bonds is 4. The highest BCUT2D eigenvalue weighted by molar-refractivity contribution is 5.89. The average Bonchev–Trinajstić information content (AvgIpc) is 3.29. The first kappa shape index (κ1) is 17.8. The van der Waals surface area contributed by atoms with Crippen LogP contribution in [0.15, 0.2) is 42.7 Å². The van der Waals surface area contributed by atoms with Crippen LogP contribution in [0, 0.1) is 5.92 Å². The molecule has 0 N–H and O–H groups in total. The summed E-state index contributed by atoms with van der Waals surface area (Å²) >= 11 is 0. The molecule has 6 nitrogen and oxygen atoms in total. The van der Waals surface area contributed by atoms with Crippen LogP contribution in [0.25, 0.3) is 0 Å². The minimum absolute atomic E-state index is 0.0752. The summed E-state index contributed by atoms with van der Waals surface area (Å²) in [6.07, 6.45) is 6.12. The van der Waals surface area contributed by atoms with E-state index in [4.69, 9.17) is 0 Å². The number of imidazole rings is 1. The summed E-state index contributed by atoms with van der Waals surface area (Å²) in [5, 5.41) is 0. The van der Waals surface area contributed by atoms with Crippen molar-refractivity contribution in [2.45, 2.75) is 31.7 Å². The number of amides is 2. The van der Waals surface area contributed by atoms with Gasteiger partial charge in [-0.3, -0.25) is 9.59 Å². The highest BCUT2D eigenvalue weighted by Crippen LogP contribution is 2.29. The minimum Gasteiger partial charge on any atom is -0.345 e. The first-order chi connectivity index (χ1) is 13.1. The van der Waals surface area contributed by atoms with Gasteiger partial charge in [-0.2, -0.15) is 0 Å². The third-order valence-corrected chi connectivity index (χ3v) is 5.81. The predicted molar refractivity (Wildman–Crippen MR) is 102 cm³/mol. The van der Waals surface area contributed by atoms with E-state index in [0.29, 0.717) is 18.9 Å². The van der Waals surface area contributed by atoms with Crippen LogP contribution in [0.2, 0.25) is 0 Å². The standard InChI is InChI=1S/C21H26N4O2/c1-23-15-18(13-19(23)26)21(27)24-10-7-17(8-11-24)20-22-9-12-25(20)14-16-5-3-2-4-6-16/h2-6,9,12,17-18H,7-8,10-11,13-15H2,1H3. The van der Waals surface area contributed by atoms with E-state index in [-0.39, 0.29) is 17.7 Å². The van der Waals surface area contributed by atoms with E-state index in [0.717, 1.165) is 38.3 Å². The summed E-state index contributed by atoms with van der Waals surface area (Å²) in [6.45, 7) is 2.87. The molecule has 1 atom stereocenters. The molecule has 27 heavy (non-hydrogen) atoms. The molecule has 0 bridgehead atoms. The number of hydrogen-bond donors (Lipinski definition) is 0. The molecule has 1 aromatic heterocycles. The number of likely N-dealkylation sites (tertiary alicyclic amines) is 2. The number of piperidine rings is 1. The molecule has 0 saturated carbocycles. The van der Waals surface area contributed by atoms with Crippen LogP contribution < -0.4 is 0 Å². The van der Waals surface area contributed by atoms with Crippen molar-refractivity contribution in [2.24, 2.45) is 5.92 Å². The average molecular weight is 366 g/mol. The lowest BCUT2D eigenvalue weighted by Gasteiger charge is -2.33. The lowest BCUT2D eigenvalue weighted by molar-refractivity contribution is -0.136. The SMILES string of the molecule is CN1CC(C(=O)N2CCC(c3nccn3Cc3ccccc3)CC2)CC1=O. The van der Waals surface area contributed by atoms with Crippen LogP contribution in [-0.2, 0) is 16.1 Å². The molecule has 2 aromatic rings. The Balaban J connectivity index is 1.37. The Kier molecular flexibility index (Phi) is 4.97. The van der Waals surface area contributed by atoms with Gasteiger partial charge in [-0.25, -0.2) is 4.98 Å². The molecule has 1 aromatic carbocycles. The van der Waals surface area contributed by atoms with Crippen molar-refractivity contribution in [2.75, 3.05) is 26.7 Å². The number of benzene rings is 1. The highest BCUT2D eigenvalue weighted by atomic mass is 16.2. The van der Waals surface area contributed by atoms with Crippen LogP contribution in [0.3, 0.4) is 0 Å². The Morgan fingerprint density at radius 2 is 1.93 bits per heavy atom. The van der Waals surface area contributed by atoms with Crippen LogP contribution in [0.1, 0.15) is 36.6 Å². The molecule has 3 heterocycles. The molecule has 6 heteroatoms. The van der Waals surface area contributed by atoms with Gasteiger partial charge in [0, 0.05) is 58.0 Å². The number of carbonyl (C=O) groups is 2. The molecule has 142 valence electrons. The summed E-state index contributed by atoms with van der Waals surface area (Å²) in [4.78, 5) is 32.6. The Morgan fingerprint density at radius 3 is 2.59 bits per heavy atom. The zero-order valence-electron chi connectivity index (χ0n) is 15.8. The molecule has 0 spiro atoms. The maximum atomic E-state index is 12.7. The van der Waals surface area contributed by atoms with E-state index in [9.17, 15) is 9.59 Å². The zero-order chi connectivity index (χ0) is 18.8. The molecule has 0 aliphatic carbocycles. The Morgan fingerprint density at radius 1 is 1.19 bits per heavy atom. The minimum atomic E-state index is -0.167. The number of aromatic nitrogens is 2. The molecule has 0 radical (unpaired) electrons. The monoisotopic (exact) mass is 366 g/mol. The van der Waals surface area contributed by atoms with Crippen molar-refractivity contribution in [1.29, 1.82) is 0 Å². The maximum absolute atomic E-state index is 12.7. The van der Waals surface area contributed by atoms with E-state index in [1.54, 1.807) is 11.9 Å². The van der Waals surface area contributed by atoms with Gasteiger partial charge in [0.1, 0.15) is 5.82 Å². The third kappa shape index (κ3) is 3.75. The number of hydrogen-bond acceptors (Lipinski definition) is 3. The van der Waals surface area contributed by atoms with Crippen molar-refractivity contribution < 1.29 is 9.59 Å². The van der Waals surface area contributed by atoms with Crippen LogP contribution in [-0.4, -0.2) is 57.8 Å². The summed E-state index contributed by atoms with van der Waals surface area (Å²) < 4.78 is 2.22. The fourth-order valence-corrected chi connectivity index (χ4v) is 4.24. The van der Waals surface area contributed by atoms with E-state index in [2.05, 4.69) is 33.8 Å². The topological polar surface area (TPSA) is 58.4 Å². The largest absolute Gasteiger partial charge is 0.345 e. The quantitative estimate of drug-likeness (QED) is 0.833. The van der Waals surface area contributed by atoms with Crippen molar-refractivity contribution in [3.63, 3.8) is 0 Å². The summed E-state index contributed by atoms with van der Waals surface area (Å²) in [5.74, 6) is 1.53. The molecule has 2 amide bonds. The van der Waals surface area contributed by atoms with Crippen LogP contribution >= 0.6 is 0 Å². The first-order valence-corrected chi connectivity index (χ1v) is 9.69. The Hall–Kier alpha value is -2.63. The van der Waals surface area contributed by atoms with Crippen molar-refractivity contribution in [3.05, 3.63) is 54.1 Å². The number of nitrogens with zero attached hydrogens (tertiary/aromatic N) is 4. The zero-order valence-corrected chi connectivity index (χ0v) is 15.8. The smallest absolute Gasteiger partial charge is 0.227 e. The molecule has 2 saturated heterocycles. The van der Waals surface area contributed by atoms with Crippen molar-refractivity contribution in [3.8, 4) is 0 Å². The lowest BCUT2D eigenvalue weighted by Crippen LogP contribution is -2.42.